The van der Waals surface area contributed by atoms with Gasteiger partial charge in [0.15, 0.2) is 0 Å². The summed E-state index contributed by atoms with van der Waals surface area (Å²) in [4.78, 5) is 28.4. The van der Waals surface area contributed by atoms with E-state index in [9.17, 15) is 14.0 Å². The number of hydrogen-bond acceptors (Lipinski definition) is 6. The summed E-state index contributed by atoms with van der Waals surface area (Å²) in [5, 5.41) is 8.99. The van der Waals surface area contributed by atoms with E-state index in [1.165, 1.54) is 24.3 Å². The summed E-state index contributed by atoms with van der Waals surface area (Å²) >= 11 is 0. The van der Waals surface area contributed by atoms with E-state index in [2.05, 4.69) is 20.8 Å². The molecule has 0 aliphatic rings. The molecule has 0 bridgehead atoms. The van der Waals surface area contributed by atoms with Gasteiger partial charge in [0, 0.05) is 18.7 Å². The zero-order valence-electron chi connectivity index (χ0n) is 15.6. The highest BCUT2D eigenvalue weighted by Gasteiger charge is 2.16. The Morgan fingerprint density at radius 2 is 1.72 bits per heavy atom. The second-order valence-electron chi connectivity index (χ2n) is 5.87. The van der Waals surface area contributed by atoms with Crippen molar-refractivity contribution in [2.75, 3.05) is 19.7 Å². The molecule has 2 amide bonds. The number of carbonyl (C=O) groups is 2. The van der Waals surface area contributed by atoms with Crippen molar-refractivity contribution >= 4 is 11.8 Å². The van der Waals surface area contributed by atoms with Gasteiger partial charge in [0.25, 0.3) is 5.91 Å². The normalized spacial score (nSPS) is 10.4. The average Bonchev–Trinajstić information content (AvgIpc) is 3.22. The van der Waals surface area contributed by atoms with Crippen LogP contribution in [0.5, 0.6) is 5.75 Å². The van der Waals surface area contributed by atoms with Gasteiger partial charge in [-0.2, -0.15) is 4.98 Å². The lowest BCUT2D eigenvalue weighted by atomic mass is 10.2. The molecule has 0 aliphatic heterocycles. The predicted octanol–water partition coefficient (Wildman–Crippen LogP) is 2.43. The number of nitrogens with one attached hydrogen (secondary N) is 2. The summed E-state index contributed by atoms with van der Waals surface area (Å²) in [6.07, 6.45) is 0. The number of hydrogen-bond donors (Lipinski definition) is 2. The Hall–Kier alpha value is -3.75. The number of para-hydroxylation sites is 1. The summed E-state index contributed by atoms with van der Waals surface area (Å²) in [5.41, 5.74) is 0.941. The Bertz CT molecular complexity index is 988. The fourth-order valence-electron chi connectivity index (χ4n) is 2.49. The lowest BCUT2D eigenvalue weighted by molar-refractivity contribution is 0.0897. The molecule has 0 spiro atoms. The monoisotopic (exact) mass is 398 g/mol. The minimum Gasteiger partial charge on any atom is -0.493 e. The van der Waals surface area contributed by atoms with Crippen molar-refractivity contribution in [2.45, 2.75) is 6.92 Å². The van der Waals surface area contributed by atoms with E-state index in [1.807, 2.05) is 6.92 Å². The largest absolute Gasteiger partial charge is 0.493 e. The number of amides is 2. The minimum atomic E-state index is -0.574. The molecule has 0 radical (unpaired) electrons. The molecule has 0 unspecified atom stereocenters. The Balaban J connectivity index is 1.49. The fraction of sp³-hybridized carbons (Fsp3) is 0.200. The van der Waals surface area contributed by atoms with Gasteiger partial charge >= 0.3 is 11.8 Å². The number of benzene rings is 2. The number of halogens is 1. The third kappa shape index (κ3) is 5.16. The summed E-state index contributed by atoms with van der Waals surface area (Å²) in [6, 6.07) is 12.4. The van der Waals surface area contributed by atoms with Crippen LogP contribution in [0.25, 0.3) is 11.4 Å². The second kappa shape index (κ2) is 9.45. The SMILES string of the molecule is CCOc1ccccc1C(=O)NCCNC(=O)c1nc(-c2ccc(F)cc2)no1. The van der Waals surface area contributed by atoms with Crippen LogP contribution < -0.4 is 15.4 Å². The number of aromatic nitrogens is 2. The Morgan fingerprint density at radius 1 is 1.03 bits per heavy atom. The topological polar surface area (TPSA) is 106 Å². The number of nitrogens with zero attached hydrogens (tertiary/aromatic N) is 2. The van der Waals surface area contributed by atoms with Gasteiger partial charge < -0.3 is 19.9 Å². The van der Waals surface area contributed by atoms with Crippen LogP contribution in [-0.2, 0) is 0 Å². The van der Waals surface area contributed by atoms with Crippen LogP contribution in [-0.4, -0.2) is 41.7 Å². The van der Waals surface area contributed by atoms with Crippen LogP contribution in [0.2, 0.25) is 0 Å². The van der Waals surface area contributed by atoms with Gasteiger partial charge in [-0.25, -0.2) is 4.39 Å². The molecule has 2 N–H and O–H groups in total. The Labute approximate surface area is 166 Å². The van der Waals surface area contributed by atoms with Gasteiger partial charge in [-0.05, 0) is 43.3 Å². The first-order valence-corrected chi connectivity index (χ1v) is 8.96. The predicted molar refractivity (Wildman–Crippen MR) is 102 cm³/mol. The molecule has 9 heteroatoms. The zero-order valence-corrected chi connectivity index (χ0v) is 15.6. The minimum absolute atomic E-state index is 0.162. The van der Waals surface area contributed by atoms with Gasteiger partial charge in [0.1, 0.15) is 11.6 Å². The molecule has 1 heterocycles. The van der Waals surface area contributed by atoms with E-state index in [4.69, 9.17) is 9.26 Å². The molecule has 3 aromatic rings. The van der Waals surface area contributed by atoms with E-state index < -0.39 is 5.91 Å². The van der Waals surface area contributed by atoms with Crippen molar-refractivity contribution in [3.63, 3.8) is 0 Å². The third-order valence-corrected chi connectivity index (χ3v) is 3.85. The average molecular weight is 398 g/mol. The van der Waals surface area contributed by atoms with Crippen molar-refractivity contribution in [3.8, 4) is 17.1 Å². The van der Waals surface area contributed by atoms with E-state index >= 15 is 0 Å². The van der Waals surface area contributed by atoms with E-state index in [1.54, 1.807) is 24.3 Å². The lowest BCUT2D eigenvalue weighted by Gasteiger charge is -2.10. The maximum Gasteiger partial charge on any atom is 0.316 e. The van der Waals surface area contributed by atoms with Crippen LogP contribution in [0.1, 0.15) is 28.0 Å². The summed E-state index contributed by atoms with van der Waals surface area (Å²) in [7, 11) is 0. The molecule has 29 heavy (non-hydrogen) atoms. The maximum absolute atomic E-state index is 13.0. The first-order chi connectivity index (χ1) is 14.1. The van der Waals surface area contributed by atoms with E-state index in [-0.39, 0.29) is 36.5 Å². The van der Waals surface area contributed by atoms with Crippen molar-refractivity contribution in [1.82, 2.24) is 20.8 Å². The molecule has 0 saturated carbocycles. The Morgan fingerprint density at radius 3 is 2.45 bits per heavy atom. The first-order valence-electron chi connectivity index (χ1n) is 8.96. The Kier molecular flexibility index (Phi) is 6.51. The zero-order chi connectivity index (χ0) is 20.6. The lowest BCUT2D eigenvalue weighted by Crippen LogP contribution is -2.35. The second-order valence-corrected chi connectivity index (χ2v) is 5.87. The van der Waals surface area contributed by atoms with Gasteiger partial charge in [-0.1, -0.05) is 17.3 Å². The molecular weight excluding hydrogens is 379 g/mol. The summed E-state index contributed by atoms with van der Waals surface area (Å²) in [5.74, 6) is -0.820. The number of ether oxygens (including phenoxy) is 1. The highest BCUT2D eigenvalue weighted by atomic mass is 19.1. The summed E-state index contributed by atoms with van der Waals surface area (Å²) in [6.45, 7) is 2.65. The fourth-order valence-corrected chi connectivity index (χ4v) is 2.49. The van der Waals surface area contributed by atoms with Crippen molar-refractivity contribution in [2.24, 2.45) is 0 Å². The van der Waals surface area contributed by atoms with Gasteiger partial charge in [0.2, 0.25) is 5.82 Å². The van der Waals surface area contributed by atoms with Gasteiger partial charge in [0.05, 0.1) is 12.2 Å². The highest BCUT2D eigenvalue weighted by molar-refractivity contribution is 5.97. The molecule has 3 rings (SSSR count). The van der Waals surface area contributed by atoms with Crippen LogP contribution in [0.15, 0.2) is 53.1 Å². The van der Waals surface area contributed by atoms with Crippen molar-refractivity contribution in [1.29, 1.82) is 0 Å². The van der Waals surface area contributed by atoms with E-state index in [0.29, 0.717) is 23.5 Å². The van der Waals surface area contributed by atoms with Crippen molar-refractivity contribution < 1.29 is 23.2 Å². The number of rotatable bonds is 8. The van der Waals surface area contributed by atoms with Gasteiger partial charge in [-0.3, -0.25) is 9.59 Å². The highest BCUT2D eigenvalue weighted by Crippen LogP contribution is 2.18. The third-order valence-electron chi connectivity index (χ3n) is 3.85. The molecule has 0 saturated heterocycles. The molecule has 0 atom stereocenters. The maximum atomic E-state index is 13.0. The molecule has 0 aliphatic carbocycles. The quantitative estimate of drug-likeness (QED) is 0.565. The number of carbonyl (C=O) groups excluding carboxylic acids is 2. The molecular formula is C20H19FN4O4. The smallest absolute Gasteiger partial charge is 0.316 e. The van der Waals surface area contributed by atoms with Gasteiger partial charge in [-0.15, -0.1) is 0 Å². The van der Waals surface area contributed by atoms with Crippen LogP contribution in [0, 0.1) is 5.82 Å². The van der Waals surface area contributed by atoms with Crippen molar-refractivity contribution in [3.05, 3.63) is 65.8 Å². The molecule has 8 nitrogen and oxygen atoms in total. The van der Waals surface area contributed by atoms with E-state index in [0.717, 1.165) is 0 Å². The molecule has 0 fully saturated rings. The van der Waals surface area contributed by atoms with Crippen LogP contribution in [0.3, 0.4) is 0 Å². The molecule has 2 aromatic carbocycles. The summed E-state index contributed by atoms with van der Waals surface area (Å²) < 4.78 is 23.3. The standard InChI is InChI=1S/C20H19FN4O4/c1-2-28-16-6-4-3-5-15(16)18(26)22-11-12-23-19(27)20-24-17(25-29-20)13-7-9-14(21)10-8-13/h3-10H,2,11-12H2,1H3,(H,22,26)(H,23,27). The molecule has 1 aromatic heterocycles. The van der Waals surface area contributed by atoms with Crippen LogP contribution >= 0.6 is 0 Å². The first kappa shape index (κ1) is 20.0. The molecule has 150 valence electrons. The van der Waals surface area contributed by atoms with Crippen LogP contribution in [0.4, 0.5) is 4.39 Å².